The summed E-state index contributed by atoms with van der Waals surface area (Å²) in [6, 6.07) is 1.28. The van der Waals surface area contributed by atoms with Crippen LogP contribution in [-0.4, -0.2) is 49.1 Å². The van der Waals surface area contributed by atoms with Crippen LogP contribution < -0.4 is 10.6 Å². The number of hydrogen-bond acceptors (Lipinski definition) is 3. The maximum atomic E-state index is 11.5. The summed E-state index contributed by atoms with van der Waals surface area (Å²) >= 11 is 0. The maximum Gasteiger partial charge on any atom is 0.234 e. The zero-order chi connectivity index (χ0) is 11.4. The fourth-order valence-electron chi connectivity index (χ4n) is 2.37. The van der Waals surface area contributed by atoms with Crippen molar-refractivity contribution < 1.29 is 4.79 Å². The lowest BCUT2D eigenvalue weighted by Gasteiger charge is -2.32. The molecule has 1 heterocycles. The highest BCUT2D eigenvalue weighted by molar-refractivity contribution is 5.78. The molecule has 1 saturated heterocycles. The zero-order valence-electron chi connectivity index (χ0n) is 10.2. The second-order valence-electron chi connectivity index (χ2n) is 4.89. The predicted octanol–water partition coefficient (Wildman–Crippen LogP) is 0.339. The van der Waals surface area contributed by atoms with Crippen molar-refractivity contribution in [3.63, 3.8) is 0 Å². The molecule has 0 atom stereocenters. The lowest BCUT2D eigenvalue weighted by molar-refractivity contribution is -0.121. The molecule has 2 fully saturated rings. The van der Waals surface area contributed by atoms with Gasteiger partial charge in [-0.15, -0.1) is 0 Å². The van der Waals surface area contributed by atoms with Crippen LogP contribution in [0, 0.1) is 0 Å². The average molecular weight is 225 g/mol. The van der Waals surface area contributed by atoms with Crippen molar-refractivity contribution in [1.29, 1.82) is 0 Å². The monoisotopic (exact) mass is 225 g/mol. The summed E-state index contributed by atoms with van der Waals surface area (Å²) in [5.74, 6) is 0.145. The number of carbonyl (C=O) groups is 1. The van der Waals surface area contributed by atoms with Crippen LogP contribution in [0.4, 0.5) is 0 Å². The molecule has 0 aromatic heterocycles. The Kier molecular flexibility index (Phi) is 4.18. The Bertz CT molecular complexity index is 232. The van der Waals surface area contributed by atoms with Gasteiger partial charge in [-0.2, -0.15) is 0 Å². The van der Waals surface area contributed by atoms with Gasteiger partial charge in [0.2, 0.25) is 5.91 Å². The molecule has 0 unspecified atom stereocenters. The number of piperidine rings is 1. The number of carbonyl (C=O) groups excluding carboxylic acids is 1. The van der Waals surface area contributed by atoms with Crippen LogP contribution in [0.5, 0.6) is 0 Å². The first-order chi connectivity index (χ1) is 7.79. The van der Waals surface area contributed by atoms with E-state index >= 15 is 0 Å². The molecular weight excluding hydrogens is 202 g/mol. The summed E-state index contributed by atoms with van der Waals surface area (Å²) in [4.78, 5) is 14.1. The van der Waals surface area contributed by atoms with E-state index in [0.717, 1.165) is 38.5 Å². The van der Waals surface area contributed by atoms with Gasteiger partial charge < -0.3 is 15.5 Å². The number of rotatable bonds is 5. The van der Waals surface area contributed by atoms with Gasteiger partial charge in [0.25, 0.3) is 0 Å². The lowest BCUT2D eigenvalue weighted by atomic mass is 10.0. The summed E-state index contributed by atoms with van der Waals surface area (Å²) in [5, 5.41) is 6.16. The lowest BCUT2D eigenvalue weighted by Crippen LogP contribution is -2.47. The Morgan fingerprint density at radius 2 is 1.94 bits per heavy atom. The first-order valence-electron chi connectivity index (χ1n) is 6.53. The quantitative estimate of drug-likeness (QED) is 0.709. The smallest absolute Gasteiger partial charge is 0.234 e. The normalized spacial score (nSPS) is 23.3. The van der Waals surface area contributed by atoms with Gasteiger partial charge in [0.15, 0.2) is 0 Å². The van der Waals surface area contributed by atoms with Crippen LogP contribution >= 0.6 is 0 Å². The van der Waals surface area contributed by atoms with E-state index in [1.165, 1.54) is 12.8 Å². The van der Waals surface area contributed by atoms with Gasteiger partial charge in [-0.1, -0.05) is 6.92 Å². The van der Waals surface area contributed by atoms with Gasteiger partial charge >= 0.3 is 0 Å². The van der Waals surface area contributed by atoms with E-state index in [1.54, 1.807) is 0 Å². The van der Waals surface area contributed by atoms with Crippen molar-refractivity contribution in [3.05, 3.63) is 0 Å². The van der Waals surface area contributed by atoms with E-state index in [2.05, 4.69) is 15.5 Å². The van der Waals surface area contributed by atoms with E-state index in [-0.39, 0.29) is 5.91 Å². The standard InChI is InChI=1S/C12H23N3O/c1-2-13-9-12(16)14-10-5-7-15(8-6-10)11-3-4-11/h10-11,13H,2-9H2,1H3,(H,14,16). The highest BCUT2D eigenvalue weighted by Crippen LogP contribution is 2.29. The van der Waals surface area contributed by atoms with Gasteiger partial charge in [0.1, 0.15) is 0 Å². The Morgan fingerprint density at radius 3 is 2.50 bits per heavy atom. The van der Waals surface area contributed by atoms with Crippen molar-refractivity contribution in [1.82, 2.24) is 15.5 Å². The first kappa shape index (κ1) is 11.9. The molecule has 92 valence electrons. The molecular formula is C12H23N3O. The van der Waals surface area contributed by atoms with Crippen molar-refractivity contribution in [3.8, 4) is 0 Å². The number of likely N-dealkylation sites (tertiary alicyclic amines) is 1. The molecule has 1 aliphatic heterocycles. The van der Waals surface area contributed by atoms with Crippen LogP contribution in [0.1, 0.15) is 32.6 Å². The molecule has 0 bridgehead atoms. The number of nitrogens with one attached hydrogen (secondary N) is 2. The first-order valence-corrected chi connectivity index (χ1v) is 6.53. The second kappa shape index (κ2) is 5.64. The van der Waals surface area contributed by atoms with E-state index in [1.807, 2.05) is 6.92 Å². The zero-order valence-corrected chi connectivity index (χ0v) is 10.2. The van der Waals surface area contributed by atoms with Crippen LogP contribution in [0.3, 0.4) is 0 Å². The third-order valence-corrected chi connectivity index (χ3v) is 3.49. The fourth-order valence-corrected chi connectivity index (χ4v) is 2.37. The summed E-state index contributed by atoms with van der Waals surface area (Å²) in [5.41, 5.74) is 0. The summed E-state index contributed by atoms with van der Waals surface area (Å²) in [7, 11) is 0. The predicted molar refractivity (Wildman–Crippen MR) is 64.3 cm³/mol. The molecule has 0 spiro atoms. The number of nitrogens with zero attached hydrogens (tertiary/aromatic N) is 1. The number of likely N-dealkylation sites (N-methyl/N-ethyl adjacent to an activating group) is 1. The number of hydrogen-bond donors (Lipinski definition) is 2. The largest absolute Gasteiger partial charge is 0.352 e. The molecule has 1 aliphatic carbocycles. The molecule has 4 heteroatoms. The Morgan fingerprint density at radius 1 is 1.25 bits per heavy atom. The third kappa shape index (κ3) is 3.46. The van der Waals surface area contributed by atoms with Crippen molar-refractivity contribution in [2.24, 2.45) is 0 Å². The van der Waals surface area contributed by atoms with E-state index < -0.39 is 0 Å². The third-order valence-electron chi connectivity index (χ3n) is 3.49. The highest BCUT2D eigenvalue weighted by Gasteiger charge is 2.31. The summed E-state index contributed by atoms with van der Waals surface area (Å²) < 4.78 is 0. The van der Waals surface area contributed by atoms with Crippen LogP contribution in [0.25, 0.3) is 0 Å². The number of amides is 1. The van der Waals surface area contributed by atoms with Crippen molar-refractivity contribution in [2.45, 2.75) is 44.7 Å². The minimum absolute atomic E-state index is 0.145. The fraction of sp³-hybridized carbons (Fsp3) is 0.917. The molecule has 2 rings (SSSR count). The summed E-state index contributed by atoms with van der Waals surface area (Å²) in [6.45, 7) is 5.65. The molecule has 0 aromatic carbocycles. The average Bonchev–Trinajstić information content (AvgIpc) is 3.11. The van der Waals surface area contributed by atoms with Gasteiger partial charge in [0, 0.05) is 25.2 Å². The molecule has 2 N–H and O–H groups in total. The van der Waals surface area contributed by atoms with E-state index in [9.17, 15) is 4.79 Å². The van der Waals surface area contributed by atoms with Crippen LogP contribution in [0.2, 0.25) is 0 Å². The van der Waals surface area contributed by atoms with Crippen LogP contribution in [-0.2, 0) is 4.79 Å². The minimum Gasteiger partial charge on any atom is -0.352 e. The Labute approximate surface area is 97.8 Å². The molecule has 0 aromatic rings. The molecule has 0 radical (unpaired) electrons. The SMILES string of the molecule is CCNCC(=O)NC1CCN(C2CC2)CC1. The molecule has 1 saturated carbocycles. The minimum atomic E-state index is 0.145. The summed E-state index contributed by atoms with van der Waals surface area (Å²) in [6.07, 6.45) is 5.01. The van der Waals surface area contributed by atoms with Gasteiger partial charge in [0.05, 0.1) is 6.54 Å². The molecule has 16 heavy (non-hydrogen) atoms. The van der Waals surface area contributed by atoms with Crippen LogP contribution in [0.15, 0.2) is 0 Å². The van der Waals surface area contributed by atoms with Gasteiger partial charge in [-0.3, -0.25) is 4.79 Å². The topological polar surface area (TPSA) is 44.4 Å². The van der Waals surface area contributed by atoms with Crippen molar-refractivity contribution >= 4 is 5.91 Å². The molecule has 4 nitrogen and oxygen atoms in total. The van der Waals surface area contributed by atoms with Crippen molar-refractivity contribution in [2.75, 3.05) is 26.2 Å². The Hall–Kier alpha value is -0.610. The molecule has 2 aliphatic rings. The second-order valence-corrected chi connectivity index (χ2v) is 4.89. The van der Waals surface area contributed by atoms with E-state index in [0.29, 0.717) is 12.6 Å². The Balaban J connectivity index is 1.62. The maximum absolute atomic E-state index is 11.5. The molecule has 1 amide bonds. The van der Waals surface area contributed by atoms with Gasteiger partial charge in [-0.05, 0) is 32.2 Å². The van der Waals surface area contributed by atoms with E-state index in [4.69, 9.17) is 0 Å². The highest BCUT2D eigenvalue weighted by atomic mass is 16.1. The van der Waals surface area contributed by atoms with Gasteiger partial charge in [-0.25, -0.2) is 0 Å².